The van der Waals surface area contributed by atoms with Gasteiger partial charge in [-0.25, -0.2) is 13.2 Å². The van der Waals surface area contributed by atoms with Crippen LogP contribution in [0.1, 0.15) is 33.2 Å². The Morgan fingerprint density at radius 2 is 1.42 bits per heavy atom. The van der Waals surface area contributed by atoms with Crippen molar-refractivity contribution in [2.45, 2.75) is 24.8 Å². The van der Waals surface area contributed by atoms with Gasteiger partial charge in [-0.1, -0.05) is 29.3 Å². The lowest BCUT2D eigenvalue weighted by molar-refractivity contribution is 0.0319. The number of esters is 1. The van der Waals surface area contributed by atoms with Gasteiger partial charge >= 0.3 is 5.97 Å². The van der Waals surface area contributed by atoms with E-state index >= 15 is 0 Å². The molecule has 0 fully saturated rings. The minimum absolute atomic E-state index is 0.135. The van der Waals surface area contributed by atoms with E-state index in [0.29, 0.717) is 16.3 Å². The summed E-state index contributed by atoms with van der Waals surface area (Å²) in [6.45, 7) is 3.35. The maximum atomic E-state index is 12.5. The number of rotatable bonds is 7. The number of ether oxygens (including phenoxy) is 1. The number of benzene rings is 3. The number of anilines is 1. The Kier molecular flexibility index (Phi) is 6.77. The number of nitrogens with one attached hydrogen (secondary N) is 1. The second-order valence-corrected chi connectivity index (χ2v) is 9.03. The highest BCUT2D eigenvalue weighted by Crippen LogP contribution is 2.18. The van der Waals surface area contributed by atoms with Gasteiger partial charge in [0.05, 0.1) is 10.5 Å². The second-order valence-electron chi connectivity index (χ2n) is 6.91. The van der Waals surface area contributed by atoms with Crippen LogP contribution in [0.5, 0.6) is 0 Å². The highest BCUT2D eigenvalue weighted by molar-refractivity contribution is 7.92. The van der Waals surface area contributed by atoms with E-state index in [9.17, 15) is 18.0 Å². The molecule has 0 aliphatic heterocycles. The van der Waals surface area contributed by atoms with Gasteiger partial charge in [-0.05, 0) is 74.5 Å². The molecule has 0 aliphatic rings. The Bertz CT molecular complexity index is 1190. The molecule has 0 saturated heterocycles. The van der Waals surface area contributed by atoms with Crippen molar-refractivity contribution in [2.24, 2.45) is 0 Å². The molecule has 8 heteroatoms. The Morgan fingerprint density at radius 3 is 2.00 bits per heavy atom. The van der Waals surface area contributed by atoms with Crippen molar-refractivity contribution >= 4 is 39.1 Å². The summed E-state index contributed by atoms with van der Waals surface area (Å²) in [4.78, 5) is 24.9. The number of hydrogen-bond donors (Lipinski definition) is 1. The molecule has 0 saturated carbocycles. The van der Waals surface area contributed by atoms with Crippen LogP contribution in [0.3, 0.4) is 0 Å². The van der Waals surface area contributed by atoms with Gasteiger partial charge in [0.15, 0.2) is 6.10 Å². The van der Waals surface area contributed by atoms with E-state index in [1.807, 2.05) is 6.92 Å². The first-order chi connectivity index (χ1) is 14.7. The first-order valence-corrected chi connectivity index (χ1v) is 11.2. The fourth-order valence-corrected chi connectivity index (χ4v) is 3.92. The monoisotopic (exact) mass is 457 g/mol. The molecule has 3 aromatic carbocycles. The molecule has 0 spiro atoms. The zero-order chi connectivity index (χ0) is 22.6. The van der Waals surface area contributed by atoms with Gasteiger partial charge < -0.3 is 4.74 Å². The van der Waals surface area contributed by atoms with E-state index in [2.05, 4.69) is 4.72 Å². The summed E-state index contributed by atoms with van der Waals surface area (Å²) in [5.74, 6) is -1.05. The quantitative estimate of drug-likeness (QED) is 0.403. The number of Topliss-reactive ketones (excluding diaryl/α,β-unsaturated/α-hetero) is 1. The first-order valence-electron chi connectivity index (χ1n) is 9.36. The molecule has 3 rings (SSSR count). The van der Waals surface area contributed by atoms with E-state index in [0.717, 1.165) is 5.56 Å². The molecule has 1 atom stereocenters. The fraction of sp³-hybridized carbons (Fsp3) is 0.130. The number of sulfonamides is 1. The third-order valence-corrected chi connectivity index (χ3v) is 6.14. The number of halogens is 1. The maximum absolute atomic E-state index is 12.5. The van der Waals surface area contributed by atoms with Crippen LogP contribution in [-0.4, -0.2) is 26.3 Å². The molecule has 1 N–H and O–H groups in total. The van der Waals surface area contributed by atoms with Gasteiger partial charge in [0.1, 0.15) is 0 Å². The predicted molar refractivity (Wildman–Crippen MR) is 119 cm³/mol. The van der Waals surface area contributed by atoms with Crippen LogP contribution < -0.4 is 4.72 Å². The molecular weight excluding hydrogens is 438 g/mol. The SMILES string of the molecule is Cc1ccc(S(=O)(=O)Nc2ccc(C(=O)OC(C)C(=O)c3ccc(Cl)cc3)cc2)cc1. The van der Waals surface area contributed by atoms with Crippen molar-refractivity contribution in [3.63, 3.8) is 0 Å². The molecule has 6 nitrogen and oxygen atoms in total. The molecular formula is C23H20ClNO5S. The molecule has 31 heavy (non-hydrogen) atoms. The van der Waals surface area contributed by atoms with Crippen LogP contribution in [0.25, 0.3) is 0 Å². The van der Waals surface area contributed by atoms with Crippen molar-refractivity contribution < 1.29 is 22.7 Å². The smallest absolute Gasteiger partial charge is 0.338 e. The molecule has 1 unspecified atom stereocenters. The second kappa shape index (κ2) is 9.32. The Balaban J connectivity index is 1.65. The number of hydrogen-bond acceptors (Lipinski definition) is 5. The van der Waals surface area contributed by atoms with Crippen LogP contribution in [0.4, 0.5) is 5.69 Å². The van der Waals surface area contributed by atoms with E-state index in [1.165, 1.54) is 43.3 Å². The zero-order valence-electron chi connectivity index (χ0n) is 16.8. The Labute approximate surface area is 185 Å². The summed E-state index contributed by atoms with van der Waals surface area (Å²) in [7, 11) is -3.75. The normalized spacial score (nSPS) is 12.1. The van der Waals surface area contributed by atoms with Crippen molar-refractivity contribution in [1.82, 2.24) is 0 Å². The van der Waals surface area contributed by atoms with Crippen molar-refractivity contribution in [1.29, 1.82) is 0 Å². The average Bonchev–Trinajstić information content (AvgIpc) is 2.74. The average molecular weight is 458 g/mol. The summed E-state index contributed by atoms with van der Waals surface area (Å²) in [5.41, 5.74) is 1.81. The summed E-state index contributed by atoms with van der Waals surface area (Å²) in [6, 6.07) is 18.5. The van der Waals surface area contributed by atoms with Gasteiger partial charge in [-0.3, -0.25) is 9.52 Å². The Hall–Kier alpha value is -3.16. The summed E-state index contributed by atoms with van der Waals surface area (Å²) in [5, 5.41) is 0.499. The molecule has 0 aromatic heterocycles. The van der Waals surface area contributed by atoms with Crippen LogP contribution >= 0.6 is 11.6 Å². The molecule has 0 amide bonds. The minimum atomic E-state index is -3.75. The molecule has 160 valence electrons. The van der Waals surface area contributed by atoms with Gasteiger partial charge in [-0.15, -0.1) is 0 Å². The number of ketones is 1. The largest absolute Gasteiger partial charge is 0.451 e. The van der Waals surface area contributed by atoms with E-state index in [1.54, 1.807) is 36.4 Å². The predicted octanol–water partition coefficient (Wildman–Crippen LogP) is 4.88. The lowest BCUT2D eigenvalue weighted by Gasteiger charge is -2.13. The maximum Gasteiger partial charge on any atom is 0.338 e. The summed E-state index contributed by atoms with van der Waals surface area (Å²) < 4.78 is 32.6. The standard InChI is InChI=1S/C23H20ClNO5S/c1-15-3-13-21(14-4-15)31(28,29)25-20-11-7-18(8-12-20)23(27)30-16(2)22(26)17-5-9-19(24)10-6-17/h3-14,16,25H,1-2H3. The van der Waals surface area contributed by atoms with Crippen LogP contribution in [0, 0.1) is 6.92 Å². The summed E-state index contributed by atoms with van der Waals surface area (Å²) >= 11 is 5.81. The third-order valence-electron chi connectivity index (χ3n) is 4.49. The summed E-state index contributed by atoms with van der Waals surface area (Å²) in [6.07, 6.45) is -0.992. The van der Waals surface area contributed by atoms with Crippen molar-refractivity contribution in [3.8, 4) is 0 Å². The molecule has 0 aliphatic carbocycles. The van der Waals surface area contributed by atoms with E-state index in [-0.39, 0.29) is 16.2 Å². The lowest BCUT2D eigenvalue weighted by atomic mass is 10.1. The minimum Gasteiger partial charge on any atom is -0.451 e. The van der Waals surface area contributed by atoms with E-state index < -0.39 is 22.1 Å². The lowest BCUT2D eigenvalue weighted by Crippen LogP contribution is -2.24. The zero-order valence-corrected chi connectivity index (χ0v) is 18.4. The Morgan fingerprint density at radius 1 is 0.871 bits per heavy atom. The number of carbonyl (C=O) groups is 2. The fourth-order valence-electron chi connectivity index (χ4n) is 2.74. The van der Waals surface area contributed by atoms with Crippen LogP contribution in [0.15, 0.2) is 77.7 Å². The van der Waals surface area contributed by atoms with Gasteiger partial charge in [-0.2, -0.15) is 0 Å². The first kappa shape index (κ1) is 22.5. The van der Waals surface area contributed by atoms with Crippen LogP contribution in [0.2, 0.25) is 5.02 Å². The van der Waals surface area contributed by atoms with Crippen LogP contribution in [-0.2, 0) is 14.8 Å². The third kappa shape index (κ3) is 5.71. The topological polar surface area (TPSA) is 89.5 Å². The highest BCUT2D eigenvalue weighted by Gasteiger charge is 2.21. The molecule has 0 radical (unpaired) electrons. The van der Waals surface area contributed by atoms with Crippen molar-refractivity contribution in [3.05, 3.63) is 94.5 Å². The highest BCUT2D eigenvalue weighted by atomic mass is 35.5. The van der Waals surface area contributed by atoms with E-state index in [4.69, 9.17) is 16.3 Å². The van der Waals surface area contributed by atoms with Crippen molar-refractivity contribution in [2.75, 3.05) is 4.72 Å². The van der Waals surface area contributed by atoms with Gasteiger partial charge in [0.25, 0.3) is 10.0 Å². The number of aryl methyl sites for hydroxylation is 1. The molecule has 0 heterocycles. The van der Waals surface area contributed by atoms with Gasteiger partial charge in [0.2, 0.25) is 5.78 Å². The molecule has 3 aromatic rings. The van der Waals surface area contributed by atoms with Gasteiger partial charge in [0, 0.05) is 16.3 Å². The molecule has 0 bridgehead atoms. The number of carbonyl (C=O) groups excluding carboxylic acids is 2.